The molecule has 2 heterocycles. The van der Waals surface area contributed by atoms with Crippen LogP contribution in [0.2, 0.25) is 10.0 Å². The van der Waals surface area contributed by atoms with Gasteiger partial charge >= 0.3 is 0 Å². The maximum Gasteiger partial charge on any atom is 0.250 e. The van der Waals surface area contributed by atoms with Crippen LogP contribution >= 0.6 is 35.4 Å². The molecule has 3 N–H and O–H groups in total. The number of aromatic nitrogens is 1. The van der Waals surface area contributed by atoms with Crippen molar-refractivity contribution in [3.63, 3.8) is 0 Å². The number of oxazole rings is 1. The van der Waals surface area contributed by atoms with Crippen LogP contribution in [-0.2, 0) is 4.79 Å². The highest BCUT2D eigenvalue weighted by atomic mass is 35.5. The number of hydrogen-bond acceptors (Lipinski definition) is 6. The second kappa shape index (κ2) is 11.6. The van der Waals surface area contributed by atoms with Crippen LogP contribution in [0.3, 0.4) is 0 Å². The molecule has 0 aliphatic rings. The summed E-state index contributed by atoms with van der Waals surface area (Å²) in [7, 11) is 0. The summed E-state index contributed by atoms with van der Waals surface area (Å²) in [4.78, 5) is 17.0. The second-order valence-corrected chi connectivity index (χ2v) is 10.4. The number of nitrogens with one attached hydrogen (secondary N) is 2. The van der Waals surface area contributed by atoms with Gasteiger partial charge in [0.2, 0.25) is 11.8 Å². The minimum Gasteiger partial charge on any atom is -0.507 e. The van der Waals surface area contributed by atoms with Crippen molar-refractivity contribution in [2.45, 2.75) is 19.8 Å². The largest absolute Gasteiger partial charge is 0.507 e. The summed E-state index contributed by atoms with van der Waals surface area (Å²) in [5, 5.41) is 16.8. The smallest absolute Gasteiger partial charge is 0.250 e. The van der Waals surface area contributed by atoms with Gasteiger partial charge in [-0.1, -0.05) is 49.2 Å². The Morgan fingerprint density at radius 3 is 2.65 bits per heavy atom. The number of thiocarbonyl (C=S) groups is 1. The van der Waals surface area contributed by atoms with Crippen molar-refractivity contribution < 1.29 is 18.7 Å². The number of carbonyl (C=O) groups excluding carboxylic acids is 1. The number of halogens is 2. The van der Waals surface area contributed by atoms with Gasteiger partial charge in [-0.15, -0.1) is 0 Å². The Kier molecular flexibility index (Phi) is 7.93. The van der Waals surface area contributed by atoms with Gasteiger partial charge in [0.25, 0.3) is 0 Å². The molecule has 2 aromatic heterocycles. The summed E-state index contributed by atoms with van der Waals surface area (Å²) < 4.78 is 11.6. The molecule has 0 spiro atoms. The molecule has 0 radical (unpaired) electrons. The number of phenols is 1. The lowest BCUT2D eigenvalue weighted by Crippen LogP contribution is -2.32. The van der Waals surface area contributed by atoms with E-state index in [1.165, 1.54) is 18.2 Å². The number of phenolic OH excluding ortho intramolecular Hbond substituents is 1. The fourth-order valence-electron chi connectivity index (χ4n) is 3.96. The molecular weight excluding hydrogens is 569 g/mol. The summed E-state index contributed by atoms with van der Waals surface area (Å²) in [6.07, 6.45) is 2.80. The third kappa shape index (κ3) is 6.04. The van der Waals surface area contributed by atoms with E-state index in [4.69, 9.17) is 44.3 Å². The van der Waals surface area contributed by atoms with Gasteiger partial charge < -0.3 is 19.3 Å². The van der Waals surface area contributed by atoms with Crippen LogP contribution < -0.4 is 10.6 Å². The first kappa shape index (κ1) is 27.5. The Hall–Kier alpha value is -4.11. The van der Waals surface area contributed by atoms with Gasteiger partial charge in [0.1, 0.15) is 22.8 Å². The minimum atomic E-state index is -0.463. The van der Waals surface area contributed by atoms with Gasteiger partial charge in [-0.05, 0) is 84.4 Å². The first-order valence-electron chi connectivity index (χ1n) is 12.3. The van der Waals surface area contributed by atoms with Gasteiger partial charge in [0, 0.05) is 17.3 Å². The number of nitrogens with zero attached hydrogens (tertiary/aromatic N) is 1. The van der Waals surface area contributed by atoms with Crippen LogP contribution in [0.25, 0.3) is 40.0 Å². The molecule has 0 saturated heterocycles. The SMILES string of the molecule is CC(C)c1ccc2oc(-c3cc(NC(=S)NC(=O)C=Cc4ccc(-c5cccc(Cl)c5Cl)o4)ccc3O)nc2c1. The Labute approximate surface area is 245 Å². The van der Waals surface area contributed by atoms with Crippen molar-refractivity contribution >= 4 is 69.3 Å². The quantitative estimate of drug-likeness (QED) is 0.103. The number of aromatic hydroxyl groups is 1. The second-order valence-electron chi connectivity index (χ2n) is 9.21. The van der Waals surface area contributed by atoms with Crippen molar-refractivity contribution in [3.05, 3.63) is 94.2 Å². The van der Waals surface area contributed by atoms with Crippen molar-refractivity contribution in [1.29, 1.82) is 0 Å². The number of furan rings is 1. The zero-order chi connectivity index (χ0) is 28.4. The molecular formula is C30H23Cl2N3O4S. The Morgan fingerprint density at radius 1 is 1.02 bits per heavy atom. The van der Waals surface area contributed by atoms with E-state index in [2.05, 4.69) is 29.5 Å². The molecule has 10 heteroatoms. The summed E-state index contributed by atoms with van der Waals surface area (Å²) >= 11 is 17.6. The highest BCUT2D eigenvalue weighted by Gasteiger charge is 2.15. The average Bonchev–Trinajstić information content (AvgIpc) is 3.57. The number of fused-ring (bicyclic) bond motifs is 1. The van der Waals surface area contributed by atoms with Crippen molar-refractivity contribution in [2.24, 2.45) is 0 Å². The molecule has 0 bridgehead atoms. The van der Waals surface area contributed by atoms with E-state index < -0.39 is 5.91 Å². The molecule has 1 amide bonds. The fourth-order valence-corrected chi connectivity index (χ4v) is 4.57. The molecule has 40 heavy (non-hydrogen) atoms. The Balaban J connectivity index is 1.24. The average molecular weight is 593 g/mol. The molecule has 7 nitrogen and oxygen atoms in total. The normalized spacial score (nSPS) is 11.4. The van der Waals surface area contributed by atoms with Crippen LogP contribution in [0.15, 0.2) is 81.6 Å². The molecule has 5 rings (SSSR count). The Bertz CT molecular complexity index is 1770. The van der Waals surface area contributed by atoms with Gasteiger partial charge in [-0.2, -0.15) is 0 Å². The zero-order valence-electron chi connectivity index (χ0n) is 21.4. The molecule has 0 saturated carbocycles. The molecule has 0 fully saturated rings. The molecule has 0 aliphatic carbocycles. The lowest BCUT2D eigenvalue weighted by Gasteiger charge is -2.10. The monoisotopic (exact) mass is 591 g/mol. The molecule has 3 aromatic carbocycles. The lowest BCUT2D eigenvalue weighted by molar-refractivity contribution is -0.115. The van der Waals surface area contributed by atoms with Crippen molar-refractivity contribution in [3.8, 4) is 28.5 Å². The molecule has 0 aliphatic heterocycles. The minimum absolute atomic E-state index is 0.00375. The molecule has 0 atom stereocenters. The van der Waals surface area contributed by atoms with Crippen LogP contribution in [0.4, 0.5) is 5.69 Å². The van der Waals surface area contributed by atoms with E-state index >= 15 is 0 Å². The van der Waals surface area contributed by atoms with E-state index in [-0.39, 0.29) is 16.8 Å². The van der Waals surface area contributed by atoms with Crippen LogP contribution in [0.5, 0.6) is 5.75 Å². The van der Waals surface area contributed by atoms with Crippen LogP contribution in [0.1, 0.15) is 31.1 Å². The van der Waals surface area contributed by atoms with E-state index in [0.29, 0.717) is 55.4 Å². The van der Waals surface area contributed by atoms with Gasteiger partial charge in [-0.25, -0.2) is 4.98 Å². The topological polar surface area (TPSA) is 101 Å². The zero-order valence-corrected chi connectivity index (χ0v) is 23.7. The van der Waals surface area contributed by atoms with Gasteiger partial charge in [0.05, 0.1) is 15.6 Å². The number of carbonyl (C=O) groups is 1. The van der Waals surface area contributed by atoms with E-state index in [0.717, 1.165) is 5.56 Å². The molecule has 5 aromatic rings. The number of rotatable bonds is 6. The summed E-state index contributed by atoms with van der Waals surface area (Å²) in [5.41, 5.74) is 4.02. The van der Waals surface area contributed by atoms with E-state index in [9.17, 15) is 9.90 Å². The first-order valence-corrected chi connectivity index (χ1v) is 13.4. The third-order valence-corrected chi connectivity index (χ3v) is 7.07. The van der Waals surface area contributed by atoms with E-state index in [1.807, 2.05) is 18.2 Å². The predicted molar refractivity (Wildman–Crippen MR) is 163 cm³/mol. The number of anilines is 1. The molecule has 0 unspecified atom stereocenters. The van der Waals surface area contributed by atoms with Crippen molar-refractivity contribution in [1.82, 2.24) is 10.3 Å². The number of hydrogen-bond donors (Lipinski definition) is 3. The number of amides is 1. The van der Waals surface area contributed by atoms with Crippen LogP contribution in [0, 0.1) is 0 Å². The van der Waals surface area contributed by atoms with E-state index in [1.54, 1.807) is 42.5 Å². The Morgan fingerprint density at radius 2 is 1.85 bits per heavy atom. The maximum absolute atomic E-state index is 12.4. The fraction of sp³-hybridized carbons (Fsp3) is 0.100. The van der Waals surface area contributed by atoms with Crippen LogP contribution in [-0.4, -0.2) is 21.1 Å². The van der Waals surface area contributed by atoms with Crippen molar-refractivity contribution in [2.75, 3.05) is 5.32 Å². The highest BCUT2D eigenvalue weighted by Crippen LogP contribution is 2.35. The molecule has 202 valence electrons. The number of benzene rings is 3. The first-order chi connectivity index (χ1) is 19.2. The standard InChI is InChI=1S/C30H23Cl2N3O4S/c1-16(2)17-6-11-26-23(14-17)34-29(39-26)21-15-18(7-10-24(21)36)33-30(40)35-27(37)13-9-19-8-12-25(38-19)20-4-3-5-22(31)28(20)32/h3-16,36H,1-2H3,(H2,33,35,37,40). The van der Waals surface area contributed by atoms with Gasteiger partial charge in [0.15, 0.2) is 10.7 Å². The summed E-state index contributed by atoms with van der Waals surface area (Å²) in [6.45, 7) is 4.21. The predicted octanol–water partition coefficient (Wildman–Crippen LogP) is 8.42. The third-order valence-electron chi connectivity index (χ3n) is 6.04. The highest BCUT2D eigenvalue weighted by molar-refractivity contribution is 7.80. The maximum atomic E-state index is 12.4. The summed E-state index contributed by atoms with van der Waals surface area (Å²) in [6, 6.07) is 19.3. The summed E-state index contributed by atoms with van der Waals surface area (Å²) in [5.74, 6) is 1.12. The van der Waals surface area contributed by atoms with Gasteiger partial charge in [-0.3, -0.25) is 10.1 Å². The lowest BCUT2D eigenvalue weighted by atomic mass is 10.0.